The molecule has 1 N–H and O–H groups in total. The summed E-state index contributed by atoms with van der Waals surface area (Å²) in [6.07, 6.45) is 5.86. The topological polar surface area (TPSA) is 56.1 Å². The smallest absolute Gasteiger partial charge is 0.287 e. The van der Waals surface area contributed by atoms with Crippen LogP contribution in [0.2, 0.25) is 5.02 Å². The van der Waals surface area contributed by atoms with Gasteiger partial charge in [0.05, 0.1) is 25.0 Å². The largest absolute Gasteiger partial charge is 0.383 e. The third-order valence-electron chi connectivity index (χ3n) is 5.55. The van der Waals surface area contributed by atoms with E-state index in [1.807, 2.05) is 0 Å². The van der Waals surface area contributed by atoms with Gasteiger partial charge in [-0.25, -0.2) is 4.68 Å². The van der Waals surface area contributed by atoms with Gasteiger partial charge in [-0.05, 0) is 42.9 Å². The minimum Gasteiger partial charge on any atom is -0.383 e. The van der Waals surface area contributed by atoms with E-state index in [9.17, 15) is 4.79 Å². The zero-order chi connectivity index (χ0) is 14.6. The summed E-state index contributed by atoms with van der Waals surface area (Å²) in [6, 6.07) is 0.504. The van der Waals surface area contributed by atoms with Gasteiger partial charge in [-0.3, -0.25) is 4.79 Å². The third-order valence-corrected chi connectivity index (χ3v) is 5.91. The maximum Gasteiger partial charge on any atom is 0.287 e. The number of aromatic nitrogens is 2. The van der Waals surface area contributed by atoms with Crippen LogP contribution in [-0.2, 0) is 11.3 Å². The highest BCUT2D eigenvalue weighted by atomic mass is 35.5. The van der Waals surface area contributed by atoms with Gasteiger partial charge in [-0.15, -0.1) is 0 Å². The number of fused-ring (bicyclic) bond motifs is 5. The second-order valence-corrected chi connectivity index (χ2v) is 6.93. The maximum absolute atomic E-state index is 12.2. The average molecular weight is 310 g/mol. The zero-order valence-corrected chi connectivity index (χ0v) is 12.8. The Morgan fingerprint density at radius 2 is 2.14 bits per heavy atom. The highest BCUT2D eigenvalue weighted by Crippen LogP contribution is 2.66. The zero-order valence-electron chi connectivity index (χ0n) is 12.1. The van der Waals surface area contributed by atoms with Gasteiger partial charge in [0.25, 0.3) is 5.56 Å². The van der Waals surface area contributed by atoms with Crippen LogP contribution in [0.15, 0.2) is 11.0 Å². The molecule has 2 bridgehead atoms. The lowest BCUT2D eigenvalue weighted by Crippen LogP contribution is -2.26. The van der Waals surface area contributed by atoms with E-state index in [4.69, 9.17) is 16.3 Å². The molecular weight excluding hydrogens is 290 g/mol. The first-order valence-corrected chi connectivity index (χ1v) is 8.09. The molecule has 0 aliphatic heterocycles. The van der Waals surface area contributed by atoms with Crippen LogP contribution in [0.3, 0.4) is 0 Å². The summed E-state index contributed by atoms with van der Waals surface area (Å²) in [6.45, 7) is 0.875. The predicted molar refractivity (Wildman–Crippen MR) is 80.6 cm³/mol. The number of hydrogen-bond acceptors (Lipinski definition) is 4. The van der Waals surface area contributed by atoms with Crippen molar-refractivity contribution in [1.82, 2.24) is 9.78 Å². The van der Waals surface area contributed by atoms with Crippen molar-refractivity contribution in [1.29, 1.82) is 0 Å². The van der Waals surface area contributed by atoms with Crippen LogP contribution in [0.4, 0.5) is 5.69 Å². The van der Waals surface area contributed by atoms with Crippen molar-refractivity contribution in [3.63, 3.8) is 0 Å². The molecular formula is C15H20ClN3O2. The number of anilines is 1. The lowest BCUT2D eigenvalue weighted by atomic mass is 10.0. The van der Waals surface area contributed by atoms with E-state index in [1.165, 1.54) is 23.9 Å². The molecule has 3 fully saturated rings. The molecule has 0 saturated heterocycles. The number of hydrogen-bond donors (Lipinski definition) is 1. The first-order valence-electron chi connectivity index (χ1n) is 7.72. The molecule has 6 heteroatoms. The Morgan fingerprint density at radius 1 is 1.43 bits per heavy atom. The van der Waals surface area contributed by atoms with Crippen molar-refractivity contribution >= 4 is 17.3 Å². The standard InChI is InChI=1S/C15H20ClN3O2/c1-21-5-4-19-15(20)13(16)10(7-17-19)18-14-11-8-2-3-9(6-8)12(11)14/h7-9,11-12,14,18H,2-6H2,1H3. The Hall–Kier alpha value is -1.07. The first kappa shape index (κ1) is 13.6. The third kappa shape index (κ3) is 2.09. The van der Waals surface area contributed by atoms with Crippen LogP contribution >= 0.6 is 11.6 Å². The lowest BCUT2D eigenvalue weighted by molar-refractivity contribution is 0.182. The number of methoxy groups -OCH3 is 1. The molecule has 21 heavy (non-hydrogen) atoms. The molecule has 4 atom stereocenters. The molecule has 3 saturated carbocycles. The van der Waals surface area contributed by atoms with Crippen LogP contribution in [0.25, 0.3) is 0 Å². The van der Waals surface area contributed by atoms with Gasteiger partial charge in [0.15, 0.2) is 0 Å². The van der Waals surface area contributed by atoms with Crippen LogP contribution in [-0.4, -0.2) is 29.5 Å². The molecule has 1 aromatic heterocycles. The molecule has 3 aliphatic rings. The monoisotopic (exact) mass is 309 g/mol. The number of nitrogens with one attached hydrogen (secondary N) is 1. The quantitative estimate of drug-likeness (QED) is 0.904. The van der Waals surface area contributed by atoms with Crippen molar-refractivity contribution in [2.24, 2.45) is 23.7 Å². The van der Waals surface area contributed by atoms with Gasteiger partial charge >= 0.3 is 0 Å². The molecule has 114 valence electrons. The highest BCUT2D eigenvalue weighted by molar-refractivity contribution is 6.32. The fourth-order valence-corrected chi connectivity index (χ4v) is 4.80. The van der Waals surface area contributed by atoms with Crippen LogP contribution in [0, 0.1) is 23.7 Å². The van der Waals surface area contributed by atoms with E-state index >= 15 is 0 Å². The van der Waals surface area contributed by atoms with Crippen molar-refractivity contribution in [3.8, 4) is 0 Å². The van der Waals surface area contributed by atoms with Gasteiger partial charge < -0.3 is 10.1 Å². The van der Waals surface area contributed by atoms with Gasteiger partial charge in [0, 0.05) is 13.2 Å². The van der Waals surface area contributed by atoms with Crippen LogP contribution in [0.5, 0.6) is 0 Å². The lowest BCUT2D eigenvalue weighted by Gasteiger charge is -2.13. The van der Waals surface area contributed by atoms with Crippen molar-refractivity contribution < 1.29 is 4.74 Å². The Balaban J connectivity index is 1.49. The van der Waals surface area contributed by atoms with E-state index in [0.29, 0.717) is 24.9 Å². The number of ether oxygens (including phenoxy) is 1. The second-order valence-electron chi connectivity index (χ2n) is 6.55. The van der Waals surface area contributed by atoms with E-state index < -0.39 is 0 Å². The minimum atomic E-state index is -0.243. The Kier molecular flexibility index (Phi) is 3.23. The Morgan fingerprint density at radius 3 is 2.81 bits per heavy atom. The average Bonchev–Trinajstić information content (AvgIpc) is 2.87. The highest BCUT2D eigenvalue weighted by Gasteiger charge is 2.65. The molecule has 0 amide bonds. The van der Waals surface area contributed by atoms with Gasteiger partial charge in [0.1, 0.15) is 5.02 Å². The summed E-state index contributed by atoms with van der Waals surface area (Å²) in [5.41, 5.74) is 0.446. The van der Waals surface area contributed by atoms with Crippen molar-refractivity contribution in [2.75, 3.05) is 19.0 Å². The summed E-state index contributed by atoms with van der Waals surface area (Å²) < 4.78 is 6.32. The number of halogens is 1. The molecule has 0 aromatic carbocycles. The molecule has 5 nitrogen and oxygen atoms in total. The van der Waals surface area contributed by atoms with Crippen molar-refractivity contribution in [2.45, 2.75) is 31.8 Å². The van der Waals surface area contributed by atoms with E-state index in [2.05, 4.69) is 10.4 Å². The van der Waals surface area contributed by atoms with Crippen LogP contribution < -0.4 is 10.9 Å². The molecule has 4 unspecified atom stereocenters. The predicted octanol–water partition coefficient (Wildman–Crippen LogP) is 2.00. The van der Waals surface area contributed by atoms with E-state index in [0.717, 1.165) is 23.7 Å². The molecule has 4 rings (SSSR count). The SMILES string of the molecule is COCCn1ncc(NC2C3C4CCC(C4)C23)c(Cl)c1=O. The summed E-state index contributed by atoms with van der Waals surface area (Å²) in [5.74, 6) is 3.39. The summed E-state index contributed by atoms with van der Waals surface area (Å²) in [7, 11) is 1.60. The molecule has 0 radical (unpaired) electrons. The first-order chi connectivity index (χ1) is 10.2. The van der Waals surface area contributed by atoms with Gasteiger partial charge in [-0.2, -0.15) is 5.10 Å². The number of rotatable bonds is 5. The van der Waals surface area contributed by atoms with Gasteiger partial charge in [0.2, 0.25) is 0 Å². The maximum atomic E-state index is 12.2. The van der Waals surface area contributed by atoms with Gasteiger partial charge in [-0.1, -0.05) is 11.6 Å². The fourth-order valence-electron chi connectivity index (χ4n) is 4.60. The van der Waals surface area contributed by atoms with Crippen LogP contribution in [0.1, 0.15) is 19.3 Å². The Bertz CT molecular complexity index is 601. The molecule has 1 heterocycles. The minimum absolute atomic E-state index is 0.243. The van der Waals surface area contributed by atoms with E-state index in [1.54, 1.807) is 13.3 Å². The summed E-state index contributed by atoms with van der Waals surface area (Å²) in [5, 5.41) is 7.90. The molecule has 3 aliphatic carbocycles. The number of nitrogens with zero attached hydrogens (tertiary/aromatic N) is 2. The van der Waals surface area contributed by atoms with Crippen molar-refractivity contribution in [3.05, 3.63) is 21.6 Å². The fraction of sp³-hybridized carbons (Fsp3) is 0.733. The molecule has 1 aromatic rings. The summed E-state index contributed by atoms with van der Waals surface area (Å²) in [4.78, 5) is 12.2. The summed E-state index contributed by atoms with van der Waals surface area (Å²) >= 11 is 6.22. The second kappa shape index (κ2) is 4.99. The Labute approximate surface area is 128 Å². The molecule has 0 spiro atoms. The van der Waals surface area contributed by atoms with E-state index in [-0.39, 0.29) is 10.6 Å². The normalized spacial score (nSPS) is 35.8.